The number of hydrogen-bond donors (Lipinski definition) is 1. The van der Waals surface area contributed by atoms with E-state index in [1.165, 1.54) is 11.6 Å². The van der Waals surface area contributed by atoms with Gasteiger partial charge in [0, 0.05) is 39.4 Å². The van der Waals surface area contributed by atoms with Crippen LogP contribution in [0.3, 0.4) is 0 Å². The second-order valence-electron chi connectivity index (χ2n) is 7.23. The third-order valence-electron chi connectivity index (χ3n) is 5.23. The normalized spacial score (nSPS) is 17.7. The molecular formula is C20H24N6O2. The zero-order chi connectivity index (χ0) is 19.8. The summed E-state index contributed by atoms with van der Waals surface area (Å²) in [5, 5.41) is 0. The maximum absolute atomic E-state index is 12.9. The predicted octanol–water partition coefficient (Wildman–Crippen LogP) is 0.989. The molecule has 1 fully saturated rings. The Hall–Kier alpha value is -3.13. The summed E-state index contributed by atoms with van der Waals surface area (Å²) in [6.45, 7) is 1.47. The van der Waals surface area contributed by atoms with Gasteiger partial charge in [-0.2, -0.15) is 4.98 Å². The van der Waals surface area contributed by atoms with E-state index in [0.717, 1.165) is 29.5 Å². The van der Waals surface area contributed by atoms with Gasteiger partial charge >= 0.3 is 5.69 Å². The predicted molar refractivity (Wildman–Crippen MR) is 111 cm³/mol. The van der Waals surface area contributed by atoms with E-state index in [-0.39, 0.29) is 11.6 Å². The monoisotopic (exact) mass is 380 g/mol. The molecule has 1 aliphatic rings. The number of rotatable bonds is 3. The summed E-state index contributed by atoms with van der Waals surface area (Å²) >= 11 is 0. The largest absolute Gasteiger partial charge is 0.340 e. The fourth-order valence-electron chi connectivity index (χ4n) is 3.68. The van der Waals surface area contributed by atoms with Crippen LogP contribution in [-0.4, -0.2) is 37.8 Å². The fraction of sp³-hybridized carbons (Fsp3) is 0.350. The lowest BCUT2D eigenvalue weighted by Crippen LogP contribution is -2.43. The summed E-state index contributed by atoms with van der Waals surface area (Å²) in [4.78, 5) is 32.0. The van der Waals surface area contributed by atoms with Crippen molar-refractivity contribution < 1.29 is 0 Å². The van der Waals surface area contributed by atoms with Gasteiger partial charge in [-0.15, -0.1) is 0 Å². The average molecular weight is 380 g/mol. The van der Waals surface area contributed by atoms with Gasteiger partial charge in [0.1, 0.15) is 0 Å². The third-order valence-corrected chi connectivity index (χ3v) is 5.23. The smallest absolute Gasteiger partial charge is 0.332 e. The highest BCUT2D eigenvalue weighted by Gasteiger charge is 2.25. The van der Waals surface area contributed by atoms with Crippen LogP contribution in [0.1, 0.15) is 18.4 Å². The van der Waals surface area contributed by atoms with Crippen molar-refractivity contribution in [3.8, 4) is 0 Å². The van der Waals surface area contributed by atoms with Crippen LogP contribution >= 0.6 is 0 Å². The van der Waals surface area contributed by atoms with Crippen LogP contribution in [0.2, 0.25) is 0 Å². The van der Waals surface area contributed by atoms with Crippen molar-refractivity contribution in [3.63, 3.8) is 0 Å². The van der Waals surface area contributed by atoms with Crippen LogP contribution in [-0.2, 0) is 14.1 Å². The number of imidazole rings is 1. The SMILES string of the molecule is Cn1c(=O)c2c(nc(N3CCCC(N)C3)n2/C=C/c2ccccc2)n(C)c1=O. The van der Waals surface area contributed by atoms with E-state index in [9.17, 15) is 9.59 Å². The minimum absolute atomic E-state index is 0.0618. The molecular weight excluding hydrogens is 356 g/mol. The van der Waals surface area contributed by atoms with Gasteiger partial charge in [0.2, 0.25) is 5.95 Å². The maximum atomic E-state index is 12.9. The van der Waals surface area contributed by atoms with Crippen LogP contribution in [0.25, 0.3) is 23.4 Å². The summed E-state index contributed by atoms with van der Waals surface area (Å²) in [5.41, 5.74) is 7.17. The molecule has 3 aromatic rings. The van der Waals surface area contributed by atoms with Crippen LogP contribution < -0.4 is 21.9 Å². The van der Waals surface area contributed by atoms with Crippen LogP contribution in [0.5, 0.6) is 0 Å². The highest BCUT2D eigenvalue weighted by molar-refractivity contribution is 5.80. The Bertz CT molecular complexity index is 1160. The summed E-state index contributed by atoms with van der Waals surface area (Å²) < 4.78 is 4.31. The molecule has 0 bridgehead atoms. The Morgan fingerprint density at radius 3 is 2.61 bits per heavy atom. The summed E-state index contributed by atoms with van der Waals surface area (Å²) in [6, 6.07) is 9.90. The van der Waals surface area contributed by atoms with E-state index < -0.39 is 5.69 Å². The summed E-state index contributed by atoms with van der Waals surface area (Å²) in [7, 11) is 3.12. The first-order chi connectivity index (χ1) is 13.5. The number of anilines is 1. The molecule has 8 heteroatoms. The molecule has 0 spiro atoms. The first-order valence-corrected chi connectivity index (χ1v) is 9.39. The van der Waals surface area contributed by atoms with E-state index >= 15 is 0 Å². The van der Waals surface area contributed by atoms with Gasteiger partial charge in [0.15, 0.2) is 11.2 Å². The topological polar surface area (TPSA) is 91.1 Å². The maximum Gasteiger partial charge on any atom is 0.332 e. The molecule has 28 heavy (non-hydrogen) atoms. The molecule has 1 unspecified atom stereocenters. The molecule has 2 aromatic heterocycles. The van der Waals surface area contributed by atoms with Gasteiger partial charge in [0.25, 0.3) is 5.56 Å². The highest BCUT2D eigenvalue weighted by atomic mass is 16.2. The molecule has 146 valence electrons. The lowest BCUT2D eigenvalue weighted by Gasteiger charge is -2.31. The van der Waals surface area contributed by atoms with Crippen molar-refractivity contribution in [1.29, 1.82) is 0 Å². The number of aromatic nitrogens is 4. The first-order valence-electron chi connectivity index (χ1n) is 9.39. The Labute approximate surface area is 162 Å². The van der Waals surface area contributed by atoms with Gasteiger partial charge in [-0.1, -0.05) is 30.3 Å². The molecule has 1 aromatic carbocycles. The molecule has 1 atom stereocenters. The van der Waals surface area contributed by atoms with Gasteiger partial charge < -0.3 is 10.6 Å². The molecule has 1 saturated heterocycles. The van der Waals surface area contributed by atoms with Crippen molar-refractivity contribution >= 4 is 29.4 Å². The third kappa shape index (κ3) is 3.05. The molecule has 0 saturated carbocycles. The van der Waals surface area contributed by atoms with Crippen molar-refractivity contribution in [2.75, 3.05) is 18.0 Å². The van der Waals surface area contributed by atoms with Gasteiger partial charge in [-0.3, -0.25) is 18.5 Å². The Morgan fingerprint density at radius 2 is 1.89 bits per heavy atom. The number of nitrogens with two attached hydrogens (primary N) is 1. The summed E-state index contributed by atoms with van der Waals surface area (Å²) in [5.74, 6) is 0.635. The zero-order valence-electron chi connectivity index (χ0n) is 16.1. The molecule has 3 heterocycles. The lowest BCUT2D eigenvalue weighted by atomic mass is 10.1. The van der Waals surface area contributed by atoms with E-state index in [0.29, 0.717) is 23.7 Å². The molecule has 1 aliphatic heterocycles. The Kier molecular flexibility index (Phi) is 4.64. The van der Waals surface area contributed by atoms with E-state index in [2.05, 4.69) is 9.88 Å². The van der Waals surface area contributed by atoms with Crippen molar-refractivity contribution in [3.05, 3.63) is 56.7 Å². The molecule has 0 amide bonds. The van der Waals surface area contributed by atoms with Crippen molar-refractivity contribution in [2.45, 2.75) is 18.9 Å². The van der Waals surface area contributed by atoms with E-state index in [1.807, 2.05) is 42.6 Å². The Morgan fingerprint density at radius 1 is 1.14 bits per heavy atom. The molecule has 0 aliphatic carbocycles. The number of nitrogens with zero attached hydrogens (tertiary/aromatic N) is 5. The Balaban J connectivity index is 1.95. The van der Waals surface area contributed by atoms with Gasteiger partial charge in [-0.05, 0) is 24.5 Å². The number of hydrogen-bond acceptors (Lipinski definition) is 5. The molecule has 8 nitrogen and oxygen atoms in total. The number of fused-ring (bicyclic) bond motifs is 1. The highest BCUT2D eigenvalue weighted by Crippen LogP contribution is 2.23. The van der Waals surface area contributed by atoms with Crippen LogP contribution in [0.15, 0.2) is 39.9 Å². The summed E-state index contributed by atoms with van der Waals surface area (Å²) in [6.07, 6.45) is 5.70. The number of piperidine rings is 1. The fourth-order valence-corrected chi connectivity index (χ4v) is 3.68. The molecule has 2 N–H and O–H groups in total. The van der Waals surface area contributed by atoms with Gasteiger partial charge in [-0.25, -0.2) is 4.79 Å². The quantitative estimate of drug-likeness (QED) is 0.732. The standard InChI is InChI=1S/C20H24N6O2/c1-23-17-16(18(27)24(2)20(23)28)26(12-10-14-7-4-3-5-8-14)19(22-17)25-11-6-9-15(21)13-25/h3-5,7-8,10,12,15H,6,9,11,13,21H2,1-2H3/b12-10+. The van der Waals surface area contributed by atoms with Crippen molar-refractivity contribution in [2.24, 2.45) is 19.8 Å². The minimum Gasteiger partial charge on any atom is -0.340 e. The molecule has 4 rings (SSSR count). The van der Waals surface area contributed by atoms with E-state index in [1.54, 1.807) is 11.6 Å². The first kappa shape index (κ1) is 18.2. The second-order valence-corrected chi connectivity index (χ2v) is 7.23. The second kappa shape index (κ2) is 7.12. The van der Waals surface area contributed by atoms with Crippen molar-refractivity contribution in [1.82, 2.24) is 18.7 Å². The van der Waals surface area contributed by atoms with E-state index in [4.69, 9.17) is 5.73 Å². The van der Waals surface area contributed by atoms with Crippen LogP contribution in [0.4, 0.5) is 5.95 Å². The number of aryl methyl sites for hydroxylation is 1. The van der Waals surface area contributed by atoms with Crippen LogP contribution in [0, 0.1) is 0 Å². The number of benzene rings is 1. The average Bonchev–Trinajstić information content (AvgIpc) is 3.09. The minimum atomic E-state index is -0.393. The zero-order valence-corrected chi connectivity index (χ0v) is 16.1. The lowest BCUT2D eigenvalue weighted by molar-refractivity contribution is 0.499. The van der Waals surface area contributed by atoms with Gasteiger partial charge in [0.05, 0.1) is 0 Å². The molecule has 0 radical (unpaired) electrons.